The number of alkyl halides is 1. The molecule has 0 radical (unpaired) electrons. The van der Waals surface area contributed by atoms with Gasteiger partial charge in [-0.3, -0.25) is 0 Å². The van der Waals surface area contributed by atoms with Gasteiger partial charge in [-0.15, -0.1) is 11.6 Å². The van der Waals surface area contributed by atoms with Crippen molar-refractivity contribution in [3.8, 4) is 5.75 Å². The van der Waals surface area contributed by atoms with Crippen LogP contribution in [0.4, 0.5) is 5.82 Å². The molecule has 1 atom stereocenters. The van der Waals surface area contributed by atoms with Crippen molar-refractivity contribution in [3.63, 3.8) is 0 Å². The first-order valence-corrected chi connectivity index (χ1v) is 5.53. The van der Waals surface area contributed by atoms with Crippen LogP contribution in [0, 0.1) is 0 Å². The van der Waals surface area contributed by atoms with E-state index in [0.717, 1.165) is 11.6 Å². The Morgan fingerprint density at radius 2 is 2.20 bits per heavy atom. The van der Waals surface area contributed by atoms with Gasteiger partial charge < -0.3 is 10.1 Å². The monoisotopic (exact) mass is 228 g/mol. The van der Waals surface area contributed by atoms with Crippen molar-refractivity contribution in [3.05, 3.63) is 18.3 Å². The Morgan fingerprint density at radius 1 is 1.47 bits per heavy atom. The van der Waals surface area contributed by atoms with Gasteiger partial charge in [-0.2, -0.15) is 0 Å². The van der Waals surface area contributed by atoms with Crippen molar-refractivity contribution in [2.45, 2.75) is 32.3 Å². The fourth-order valence-corrected chi connectivity index (χ4v) is 1.19. The summed E-state index contributed by atoms with van der Waals surface area (Å²) < 4.78 is 5.61. The van der Waals surface area contributed by atoms with E-state index < -0.39 is 0 Å². The Hall–Kier alpha value is -0.960. The molecule has 1 N–H and O–H groups in total. The lowest BCUT2D eigenvalue weighted by atomic mass is 10.4. The van der Waals surface area contributed by atoms with Crippen molar-refractivity contribution >= 4 is 17.4 Å². The SMILES string of the molecule is CC(Cl)CNc1ncccc1OC(C)C. The molecule has 0 fully saturated rings. The minimum Gasteiger partial charge on any atom is -0.487 e. The molecule has 1 unspecified atom stereocenters. The van der Waals surface area contributed by atoms with Crippen molar-refractivity contribution in [2.24, 2.45) is 0 Å². The minimum absolute atomic E-state index is 0.0684. The van der Waals surface area contributed by atoms with E-state index in [9.17, 15) is 0 Å². The van der Waals surface area contributed by atoms with Crippen LogP contribution in [0.25, 0.3) is 0 Å². The molecule has 0 saturated heterocycles. The van der Waals surface area contributed by atoms with Gasteiger partial charge in [0.2, 0.25) is 0 Å². The van der Waals surface area contributed by atoms with Crippen molar-refractivity contribution in [2.75, 3.05) is 11.9 Å². The highest BCUT2D eigenvalue weighted by atomic mass is 35.5. The van der Waals surface area contributed by atoms with Gasteiger partial charge in [0.1, 0.15) is 0 Å². The molecule has 84 valence electrons. The van der Waals surface area contributed by atoms with E-state index in [1.165, 1.54) is 0 Å². The number of pyridine rings is 1. The number of aromatic nitrogens is 1. The Kier molecular flexibility index (Phi) is 4.69. The Balaban J connectivity index is 2.68. The average molecular weight is 229 g/mol. The zero-order valence-corrected chi connectivity index (χ0v) is 10.1. The lowest BCUT2D eigenvalue weighted by Crippen LogP contribution is -2.14. The fourth-order valence-electron chi connectivity index (χ4n) is 1.11. The summed E-state index contributed by atoms with van der Waals surface area (Å²) in [5.74, 6) is 1.52. The maximum Gasteiger partial charge on any atom is 0.168 e. The topological polar surface area (TPSA) is 34.2 Å². The van der Waals surface area contributed by atoms with Gasteiger partial charge in [-0.05, 0) is 32.9 Å². The molecule has 0 saturated carbocycles. The summed E-state index contributed by atoms with van der Waals surface area (Å²) in [6.45, 7) is 6.58. The highest BCUT2D eigenvalue weighted by Crippen LogP contribution is 2.22. The summed E-state index contributed by atoms with van der Waals surface area (Å²) >= 11 is 5.85. The summed E-state index contributed by atoms with van der Waals surface area (Å²) in [6.07, 6.45) is 1.87. The van der Waals surface area contributed by atoms with Gasteiger partial charge in [0.15, 0.2) is 11.6 Å². The number of hydrogen-bond donors (Lipinski definition) is 1. The second kappa shape index (κ2) is 5.81. The molecule has 0 aliphatic rings. The van der Waals surface area contributed by atoms with Gasteiger partial charge in [0.25, 0.3) is 0 Å². The number of nitrogens with one attached hydrogen (secondary N) is 1. The molecule has 1 aromatic rings. The molecule has 0 aliphatic carbocycles. The smallest absolute Gasteiger partial charge is 0.168 e. The Morgan fingerprint density at radius 3 is 2.80 bits per heavy atom. The van der Waals surface area contributed by atoms with Gasteiger partial charge >= 0.3 is 0 Å². The maximum atomic E-state index is 5.85. The minimum atomic E-state index is 0.0684. The van der Waals surface area contributed by atoms with Crippen LogP contribution in [-0.2, 0) is 0 Å². The largest absolute Gasteiger partial charge is 0.487 e. The lowest BCUT2D eigenvalue weighted by molar-refractivity contribution is 0.243. The molecule has 0 spiro atoms. The molecule has 4 heteroatoms. The van der Waals surface area contributed by atoms with E-state index in [2.05, 4.69) is 10.3 Å². The second-order valence-corrected chi connectivity index (χ2v) is 4.42. The molecule has 0 amide bonds. The van der Waals surface area contributed by atoms with E-state index >= 15 is 0 Å². The zero-order chi connectivity index (χ0) is 11.3. The predicted octanol–water partition coefficient (Wildman–Crippen LogP) is 2.91. The van der Waals surface area contributed by atoms with E-state index in [4.69, 9.17) is 16.3 Å². The summed E-state index contributed by atoms with van der Waals surface area (Å²) in [5, 5.41) is 3.22. The lowest BCUT2D eigenvalue weighted by Gasteiger charge is -2.14. The molecular weight excluding hydrogens is 212 g/mol. The van der Waals surface area contributed by atoms with Crippen LogP contribution in [-0.4, -0.2) is 23.0 Å². The van der Waals surface area contributed by atoms with Crippen LogP contribution < -0.4 is 10.1 Å². The van der Waals surface area contributed by atoms with Crippen LogP contribution in [0.1, 0.15) is 20.8 Å². The second-order valence-electron chi connectivity index (χ2n) is 3.68. The number of nitrogens with zero attached hydrogens (tertiary/aromatic N) is 1. The highest BCUT2D eigenvalue weighted by molar-refractivity contribution is 6.20. The zero-order valence-electron chi connectivity index (χ0n) is 9.33. The quantitative estimate of drug-likeness (QED) is 0.787. The number of anilines is 1. The van der Waals surface area contributed by atoms with Gasteiger partial charge in [0, 0.05) is 18.1 Å². The van der Waals surface area contributed by atoms with Crippen molar-refractivity contribution in [1.29, 1.82) is 0 Å². The summed E-state index contributed by atoms with van der Waals surface area (Å²) in [6, 6.07) is 3.75. The molecular formula is C11H17ClN2O. The van der Waals surface area contributed by atoms with E-state index in [1.807, 2.05) is 32.9 Å². The molecule has 3 nitrogen and oxygen atoms in total. The third-order valence-corrected chi connectivity index (χ3v) is 1.84. The maximum absolute atomic E-state index is 5.85. The van der Waals surface area contributed by atoms with Gasteiger partial charge in [-0.1, -0.05) is 0 Å². The van der Waals surface area contributed by atoms with E-state index in [1.54, 1.807) is 6.20 Å². The third kappa shape index (κ3) is 4.38. The standard InChI is InChI=1S/C11H17ClN2O/c1-8(2)15-10-5-4-6-13-11(10)14-7-9(3)12/h4-6,8-9H,7H2,1-3H3,(H,13,14). The number of hydrogen-bond acceptors (Lipinski definition) is 3. The number of ether oxygens (including phenoxy) is 1. The molecule has 1 aromatic heterocycles. The highest BCUT2D eigenvalue weighted by Gasteiger charge is 2.06. The first-order chi connectivity index (χ1) is 7.09. The normalized spacial score (nSPS) is 12.6. The third-order valence-electron chi connectivity index (χ3n) is 1.68. The van der Waals surface area contributed by atoms with Crippen LogP contribution in [0.5, 0.6) is 5.75 Å². The Bertz CT molecular complexity index is 302. The molecule has 15 heavy (non-hydrogen) atoms. The molecule has 0 aliphatic heterocycles. The van der Waals surface area contributed by atoms with Crippen LogP contribution in [0.2, 0.25) is 0 Å². The molecule has 0 aromatic carbocycles. The molecule has 1 rings (SSSR count). The summed E-state index contributed by atoms with van der Waals surface area (Å²) in [5.41, 5.74) is 0. The Labute approximate surface area is 95.8 Å². The predicted molar refractivity (Wildman–Crippen MR) is 63.8 cm³/mol. The van der Waals surface area contributed by atoms with Gasteiger partial charge in [0.05, 0.1) is 6.10 Å². The fraction of sp³-hybridized carbons (Fsp3) is 0.545. The van der Waals surface area contributed by atoms with Crippen molar-refractivity contribution < 1.29 is 4.74 Å². The van der Waals surface area contributed by atoms with Gasteiger partial charge in [-0.25, -0.2) is 4.98 Å². The summed E-state index contributed by atoms with van der Waals surface area (Å²) in [4.78, 5) is 4.21. The number of halogens is 1. The van der Waals surface area contributed by atoms with Crippen LogP contribution in [0.15, 0.2) is 18.3 Å². The first-order valence-electron chi connectivity index (χ1n) is 5.09. The average Bonchev–Trinajstić information content (AvgIpc) is 2.15. The summed E-state index contributed by atoms with van der Waals surface area (Å²) in [7, 11) is 0. The van der Waals surface area contributed by atoms with Crippen LogP contribution >= 0.6 is 11.6 Å². The first kappa shape index (κ1) is 12.1. The van der Waals surface area contributed by atoms with E-state index in [-0.39, 0.29) is 11.5 Å². The van der Waals surface area contributed by atoms with Crippen molar-refractivity contribution in [1.82, 2.24) is 4.98 Å². The van der Waals surface area contributed by atoms with E-state index in [0.29, 0.717) is 6.54 Å². The molecule has 1 heterocycles. The van der Waals surface area contributed by atoms with Crippen LogP contribution in [0.3, 0.4) is 0 Å². The number of rotatable bonds is 5. The molecule has 0 bridgehead atoms.